The van der Waals surface area contributed by atoms with Crippen LogP contribution < -0.4 is 5.32 Å². The van der Waals surface area contributed by atoms with E-state index >= 15 is 0 Å². The molecule has 1 aromatic carbocycles. The van der Waals surface area contributed by atoms with Gasteiger partial charge in [-0.05, 0) is 24.8 Å². The first-order valence-corrected chi connectivity index (χ1v) is 6.90. The van der Waals surface area contributed by atoms with Gasteiger partial charge < -0.3 is 14.8 Å². The van der Waals surface area contributed by atoms with Crippen LogP contribution in [0, 0.1) is 5.92 Å². The number of ether oxygens (including phenoxy) is 2. The van der Waals surface area contributed by atoms with E-state index in [-0.39, 0.29) is 30.6 Å². The Bertz CT molecular complexity index is 502. The summed E-state index contributed by atoms with van der Waals surface area (Å²) in [6.07, 6.45) is 1.86. The van der Waals surface area contributed by atoms with Crippen molar-refractivity contribution in [2.75, 3.05) is 0 Å². The van der Waals surface area contributed by atoms with Crippen LogP contribution in [0.25, 0.3) is 0 Å². The smallest absolute Gasteiger partial charge is 0.407 e. The topological polar surface area (TPSA) is 64.6 Å². The Hall–Kier alpha value is -2.04. The number of hydrogen-bond donors (Lipinski definition) is 1. The lowest BCUT2D eigenvalue weighted by atomic mass is 9.85. The molecule has 106 valence electrons. The van der Waals surface area contributed by atoms with Crippen molar-refractivity contribution in [2.45, 2.75) is 38.0 Å². The number of esters is 1. The zero-order valence-electron chi connectivity index (χ0n) is 11.1. The highest BCUT2D eigenvalue weighted by Gasteiger charge is 2.44. The van der Waals surface area contributed by atoms with E-state index in [1.165, 1.54) is 0 Å². The minimum absolute atomic E-state index is 0.0471. The van der Waals surface area contributed by atoms with Gasteiger partial charge in [0.25, 0.3) is 0 Å². The highest BCUT2D eigenvalue weighted by Crippen LogP contribution is 2.34. The Morgan fingerprint density at radius 3 is 2.90 bits per heavy atom. The molecule has 1 aromatic rings. The lowest BCUT2D eigenvalue weighted by Crippen LogP contribution is -2.43. The van der Waals surface area contributed by atoms with Crippen LogP contribution in [0.15, 0.2) is 30.3 Å². The average Bonchev–Trinajstić information content (AvgIpc) is 2.77. The minimum Gasteiger partial charge on any atom is -0.462 e. The van der Waals surface area contributed by atoms with Crippen LogP contribution in [0.5, 0.6) is 0 Å². The van der Waals surface area contributed by atoms with Crippen molar-refractivity contribution in [2.24, 2.45) is 5.92 Å². The highest BCUT2D eigenvalue weighted by molar-refractivity contribution is 5.77. The number of rotatable bonds is 3. The lowest BCUT2D eigenvalue weighted by Gasteiger charge is -2.25. The number of alkyl carbamates (subject to hydrolysis) is 1. The molecule has 0 unspecified atom stereocenters. The Morgan fingerprint density at radius 1 is 1.30 bits per heavy atom. The van der Waals surface area contributed by atoms with Gasteiger partial charge in [-0.2, -0.15) is 0 Å². The normalized spacial score (nSPS) is 27.8. The zero-order valence-corrected chi connectivity index (χ0v) is 11.1. The number of amides is 1. The molecular formula is C15H17NO4. The molecular weight excluding hydrogens is 258 g/mol. The second-order valence-corrected chi connectivity index (χ2v) is 5.29. The summed E-state index contributed by atoms with van der Waals surface area (Å²) < 4.78 is 10.4. The van der Waals surface area contributed by atoms with Crippen molar-refractivity contribution >= 4 is 12.1 Å². The van der Waals surface area contributed by atoms with Gasteiger partial charge in [-0.1, -0.05) is 30.3 Å². The Balaban J connectivity index is 1.50. The van der Waals surface area contributed by atoms with Crippen LogP contribution in [-0.2, 0) is 20.9 Å². The summed E-state index contributed by atoms with van der Waals surface area (Å²) >= 11 is 0. The molecule has 2 fully saturated rings. The molecule has 1 heterocycles. The quantitative estimate of drug-likeness (QED) is 0.857. The summed E-state index contributed by atoms with van der Waals surface area (Å²) in [5.74, 6) is -0.404. The summed E-state index contributed by atoms with van der Waals surface area (Å²) in [5, 5.41) is 2.79. The molecule has 1 N–H and O–H groups in total. The summed E-state index contributed by atoms with van der Waals surface area (Å²) in [4.78, 5) is 23.4. The summed E-state index contributed by atoms with van der Waals surface area (Å²) in [6, 6.07) is 9.33. The Kier molecular flexibility index (Phi) is 3.58. The van der Waals surface area contributed by atoms with Gasteiger partial charge in [-0.25, -0.2) is 4.79 Å². The first kappa shape index (κ1) is 13.0. The number of benzene rings is 1. The molecule has 3 atom stereocenters. The van der Waals surface area contributed by atoms with Gasteiger partial charge in [-0.15, -0.1) is 0 Å². The van der Waals surface area contributed by atoms with E-state index in [0.29, 0.717) is 6.42 Å². The molecule has 5 nitrogen and oxygen atoms in total. The maximum atomic E-state index is 11.8. The molecule has 0 spiro atoms. The predicted molar refractivity (Wildman–Crippen MR) is 70.8 cm³/mol. The fourth-order valence-corrected chi connectivity index (χ4v) is 2.84. The minimum atomic E-state index is -0.475. The van der Waals surface area contributed by atoms with E-state index in [0.717, 1.165) is 18.4 Å². The van der Waals surface area contributed by atoms with E-state index in [2.05, 4.69) is 5.32 Å². The molecule has 2 bridgehead atoms. The maximum absolute atomic E-state index is 11.8. The number of hydrogen-bond acceptors (Lipinski definition) is 4. The molecule has 0 aromatic heterocycles. The number of fused-ring (bicyclic) bond motifs is 2. The van der Waals surface area contributed by atoms with Gasteiger partial charge in [0.15, 0.2) is 0 Å². The van der Waals surface area contributed by atoms with Crippen molar-refractivity contribution in [1.29, 1.82) is 0 Å². The SMILES string of the molecule is O=C(N[C@@H]1CC[C@@H]2C[C@H]1C(=O)O2)OCc1ccccc1. The number of carbonyl (C=O) groups is 2. The van der Waals surface area contributed by atoms with Crippen molar-refractivity contribution in [1.82, 2.24) is 5.32 Å². The van der Waals surface area contributed by atoms with E-state index in [4.69, 9.17) is 9.47 Å². The summed E-state index contributed by atoms with van der Waals surface area (Å²) in [6.45, 7) is 0.233. The van der Waals surface area contributed by atoms with E-state index < -0.39 is 6.09 Å². The van der Waals surface area contributed by atoms with Crippen LogP contribution >= 0.6 is 0 Å². The van der Waals surface area contributed by atoms with Gasteiger partial charge in [0.05, 0.1) is 5.92 Å². The maximum Gasteiger partial charge on any atom is 0.407 e. The second-order valence-electron chi connectivity index (χ2n) is 5.29. The van der Waals surface area contributed by atoms with Gasteiger partial charge in [0.1, 0.15) is 12.7 Å². The second kappa shape index (κ2) is 5.53. The van der Waals surface area contributed by atoms with Crippen LogP contribution in [0.1, 0.15) is 24.8 Å². The molecule has 0 radical (unpaired) electrons. The Labute approximate surface area is 117 Å². The molecule has 1 aliphatic carbocycles. The molecule has 1 saturated carbocycles. The van der Waals surface area contributed by atoms with E-state index in [1.54, 1.807) is 0 Å². The molecule has 1 aliphatic heterocycles. The fourth-order valence-electron chi connectivity index (χ4n) is 2.84. The van der Waals surface area contributed by atoms with Gasteiger partial charge in [0.2, 0.25) is 0 Å². The number of nitrogens with one attached hydrogen (secondary N) is 1. The van der Waals surface area contributed by atoms with Crippen LogP contribution in [0.4, 0.5) is 4.79 Å². The largest absolute Gasteiger partial charge is 0.462 e. The van der Waals surface area contributed by atoms with Crippen LogP contribution in [-0.4, -0.2) is 24.2 Å². The van der Waals surface area contributed by atoms with E-state index in [9.17, 15) is 9.59 Å². The summed E-state index contributed by atoms with van der Waals surface area (Å²) in [5.41, 5.74) is 0.937. The average molecular weight is 275 g/mol. The molecule has 3 rings (SSSR count). The molecule has 5 heteroatoms. The summed E-state index contributed by atoms with van der Waals surface area (Å²) in [7, 11) is 0. The van der Waals surface area contributed by atoms with Crippen LogP contribution in [0.3, 0.4) is 0 Å². The Morgan fingerprint density at radius 2 is 2.10 bits per heavy atom. The molecule has 1 amide bonds. The lowest BCUT2D eigenvalue weighted by molar-refractivity contribution is -0.143. The van der Waals surface area contributed by atoms with Gasteiger partial charge in [0, 0.05) is 6.04 Å². The third kappa shape index (κ3) is 2.76. The molecule has 20 heavy (non-hydrogen) atoms. The molecule has 2 aliphatic rings. The highest BCUT2D eigenvalue weighted by atomic mass is 16.6. The van der Waals surface area contributed by atoms with Crippen LogP contribution in [0.2, 0.25) is 0 Å². The van der Waals surface area contributed by atoms with E-state index in [1.807, 2.05) is 30.3 Å². The number of carbonyl (C=O) groups excluding carboxylic acids is 2. The third-order valence-corrected chi connectivity index (χ3v) is 3.90. The van der Waals surface area contributed by atoms with Crippen molar-refractivity contribution in [3.05, 3.63) is 35.9 Å². The van der Waals surface area contributed by atoms with Gasteiger partial charge in [-0.3, -0.25) is 4.79 Å². The van der Waals surface area contributed by atoms with Crippen molar-refractivity contribution in [3.63, 3.8) is 0 Å². The standard InChI is InChI=1S/C15H17NO4/c17-14-12-8-11(20-14)6-7-13(12)16-15(18)19-9-10-4-2-1-3-5-10/h1-5,11-13H,6-9H2,(H,16,18)/t11-,12-,13-/m1/s1. The first-order chi connectivity index (χ1) is 9.72. The first-order valence-electron chi connectivity index (χ1n) is 6.90. The van der Waals surface area contributed by atoms with Crippen molar-refractivity contribution < 1.29 is 19.1 Å². The van der Waals surface area contributed by atoms with Gasteiger partial charge >= 0.3 is 12.1 Å². The zero-order chi connectivity index (χ0) is 13.9. The predicted octanol–water partition coefficient (Wildman–Crippen LogP) is 2.01. The monoisotopic (exact) mass is 275 g/mol. The fraction of sp³-hybridized carbons (Fsp3) is 0.467. The third-order valence-electron chi connectivity index (χ3n) is 3.90. The molecule has 1 saturated heterocycles. The van der Waals surface area contributed by atoms with Crippen molar-refractivity contribution in [3.8, 4) is 0 Å².